The molecule has 1 aromatic carbocycles. The topological polar surface area (TPSA) is 95.5 Å². The van der Waals surface area contributed by atoms with Gasteiger partial charge in [0.1, 0.15) is 0 Å². The zero-order chi connectivity index (χ0) is 17.7. The first-order chi connectivity index (χ1) is 11.4. The Labute approximate surface area is 141 Å². The molecule has 0 aromatic heterocycles. The molecule has 1 amide bonds. The van der Waals surface area contributed by atoms with Gasteiger partial charge in [-0.25, -0.2) is 4.79 Å². The number of benzene rings is 1. The summed E-state index contributed by atoms with van der Waals surface area (Å²) >= 11 is 0. The number of carbonyl (C=O) groups excluding carboxylic acids is 3. The van der Waals surface area contributed by atoms with Crippen LogP contribution < -0.4 is 10.4 Å². The fraction of sp³-hybridized carbons (Fsp3) is 0.500. The van der Waals surface area contributed by atoms with Gasteiger partial charge in [0.15, 0.2) is 5.54 Å². The number of esters is 1. The van der Waals surface area contributed by atoms with E-state index >= 15 is 0 Å². The lowest BCUT2D eigenvalue weighted by Crippen LogP contribution is -2.66. The second kappa shape index (κ2) is 7.47. The molecule has 130 valence electrons. The summed E-state index contributed by atoms with van der Waals surface area (Å²) < 4.78 is 4.88. The van der Waals surface area contributed by atoms with E-state index in [1.807, 2.05) is 12.1 Å². The van der Waals surface area contributed by atoms with E-state index in [4.69, 9.17) is 4.74 Å². The highest BCUT2D eigenvalue weighted by atomic mass is 16.5. The molecule has 2 rings (SSSR count). The highest BCUT2D eigenvalue weighted by Gasteiger charge is 2.43. The van der Waals surface area contributed by atoms with Crippen molar-refractivity contribution in [1.82, 2.24) is 5.32 Å². The van der Waals surface area contributed by atoms with Crippen molar-refractivity contribution in [3.63, 3.8) is 0 Å². The number of aliphatic carboxylic acids is 1. The van der Waals surface area contributed by atoms with E-state index in [-0.39, 0.29) is 13.0 Å². The Hall–Kier alpha value is -2.37. The molecule has 0 spiro atoms. The molecule has 1 aliphatic rings. The second-order valence-electron chi connectivity index (χ2n) is 6.08. The van der Waals surface area contributed by atoms with Crippen molar-refractivity contribution in [2.45, 2.75) is 51.5 Å². The first kappa shape index (κ1) is 18.0. The number of hydrogen-bond donors (Lipinski definition) is 1. The lowest BCUT2D eigenvalue weighted by atomic mass is 9.85. The highest BCUT2D eigenvalue weighted by molar-refractivity contribution is 6.06. The molecule has 0 radical (unpaired) electrons. The zero-order valence-electron chi connectivity index (χ0n) is 14.0. The molecule has 0 saturated heterocycles. The minimum atomic E-state index is -2.22. The van der Waals surface area contributed by atoms with Gasteiger partial charge in [-0.3, -0.25) is 4.79 Å². The number of fused-ring (bicyclic) bond motifs is 1. The standard InChI is InChI=1S/C18H23NO5/c1-3-24-17(23)18(16(21)22,19-12(2)20)11-13-8-9-14-6-4-5-7-15(14)10-13/h8-10H,3-7,11H2,1-2H3,(H,19,20)(H,21,22)/p-1. The Morgan fingerprint density at radius 1 is 1.21 bits per heavy atom. The van der Waals surface area contributed by atoms with Crippen LogP contribution in [0.3, 0.4) is 0 Å². The van der Waals surface area contributed by atoms with Crippen LogP contribution in [0.1, 0.15) is 43.4 Å². The SMILES string of the molecule is CCOC(=O)C(Cc1ccc2c(c1)CCCC2)(NC(C)=O)C(=O)[O-]. The van der Waals surface area contributed by atoms with Crippen molar-refractivity contribution in [2.24, 2.45) is 0 Å². The average Bonchev–Trinajstić information content (AvgIpc) is 2.53. The predicted molar refractivity (Wildman–Crippen MR) is 85.0 cm³/mol. The summed E-state index contributed by atoms with van der Waals surface area (Å²) in [7, 11) is 0. The molecule has 1 aromatic rings. The van der Waals surface area contributed by atoms with Crippen molar-refractivity contribution >= 4 is 17.8 Å². The van der Waals surface area contributed by atoms with Gasteiger partial charge in [0.05, 0.1) is 12.6 Å². The zero-order valence-corrected chi connectivity index (χ0v) is 14.0. The van der Waals surface area contributed by atoms with Crippen molar-refractivity contribution in [2.75, 3.05) is 6.61 Å². The van der Waals surface area contributed by atoms with Gasteiger partial charge in [0.25, 0.3) is 0 Å². The van der Waals surface area contributed by atoms with Crippen LogP contribution in [0.25, 0.3) is 0 Å². The van der Waals surface area contributed by atoms with Gasteiger partial charge in [0.2, 0.25) is 5.91 Å². The molecule has 24 heavy (non-hydrogen) atoms. The monoisotopic (exact) mass is 332 g/mol. The summed E-state index contributed by atoms with van der Waals surface area (Å²) in [6.07, 6.45) is 3.96. The third kappa shape index (κ3) is 3.75. The third-order valence-corrected chi connectivity index (χ3v) is 4.24. The number of carbonyl (C=O) groups is 3. The van der Waals surface area contributed by atoms with Crippen molar-refractivity contribution in [3.05, 3.63) is 34.9 Å². The number of hydrogen-bond acceptors (Lipinski definition) is 5. The quantitative estimate of drug-likeness (QED) is 0.597. The Balaban J connectivity index is 2.38. The van der Waals surface area contributed by atoms with Gasteiger partial charge in [0, 0.05) is 13.3 Å². The first-order valence-corrected chi connectivity index (χ1v) is 8.17. The molecule has 6 nitrogen and oxygen atoms in total. The van der Waals surface area contributed by atoms with Crippen LogP contribution in [0.4, 0.5) is 0 Å². The third-order valence-electron chi connectivity index (χ3n) is 4.24. The minimum Gasteiger partial charge on any atom is -0.547 e. The number of aryl methyl sites for hydroxylation is 2. The number of amides is 1. The Morgan fingerprint density at radius 2 is 1.88 bits per heavy atom. The fourth-order valence-electron chi connectivity index (χ4n) is 3.13. The predicted octanol–water partition coefficient (Wildman–Crippen LogP) is 0.296. The average molecular weight is 332 g/mol. The molecule has 1 atom stereocenters. The number of carboxylic acid groups (broad SMARTS) is 1. The Bertz CT molecular complexity index is 655. The van der Waals surface area contributed by atoms with E-state index in [0.717, 1.165) is 38.2 Å². The summed E-state index contributed by atoms with van der Waals surface area (Å²) in [5.41, 5.74) is 0.851. The van der Waals surface area contributed by atoms with Gasteiger partial charge in [-0.1, -0.05) is 18.2 Å². The molecular weight excluding hydrogens is 310 g/mol. The first-order valence-electron chi connectivity index (χ1n) is 8.17. The van der Waals surface area contributed by atoms with Crippen molar-refractivity contribution in [1.29, 1.82) is 0 Å². The fourth-order valence-corrected chi connectivity index (χ4v) is 3.13. The normalized spacial score (nSPS) is 15.8. The molecule has 0 bridgehead atoms. The van der Waals surface area contributed by atoms with Crippen molar-refractivity contribution in [3.8, 4) is 0 Å². The molecule has 1 unspecified atom stereocenters. The van der Waals surface area contributed by atoms with E-state index in [9.17, 15) is 19.5 Å². The summed E-state index contributed by atoms with van der Waals surface area (Å²) in [5.74, 6) is -3.32. The van der Waals surface area contributed by atoms with Crippen LogP contribution in [0.15, 0.2) is 18.2 Å². The van der Waals surface area contributed by atoms with Crippen LogP contribution in [0.5, 0.6) is 0 Å². The summed E-state index contributed by atoms with van der Waals surface area (Å²) in [4.78, 5) is 35.5. The molecule has 1 N–H and O–H groups in total. The van der Waals surface area contributed by atoms with Gasteiger partial charge in [-0.15, -0.1) is 0 Å². The van der Waals surface area contributed by atoms with E-state index in [1.54, 1.807) is 13.0 Å². The van der Waals surface area contributed by atoms with E-state index in [0.29, 0.717) is 5.56 Å². The maximum Gasteiger partial charge on any atom is 0.338 e. The van der Waals surface area contributed by atoms with Crippen LogP contribution in [0.2, 0.25) is 0 Å². The minimum absolute atomic E-state index is 0.0115. The number of carboxylic acids is 1. The lowest BCUT2D eigenvalue weighted by Gasteiger charge is -2.33. The van der Waals surface area contributed by atoms with E-state index < -0.39 is 23.4 Å². The van der Waals surface area contributed by atoms with E-state index in [2.05, 4.69) is 5.32 Å². The molecule has 6 heteroatoms. The number of rotatable bonds is 6. The lowest BCUT2D eigenvalue weighted by molar-refractivity contribution is -0.313. The molecule has 0 saturated carbocycles. The highest BCUT2D eigenvalue weighted by Crippen LogP contribution is 2.24. The van der Waals surface area contributed by atoms with Crippen LogP contribution in [-0.2, 0) is 38.4 Å². The number of nitrogens with one attached hydrogen (secondary N) is 1. The van der Waals surface area contributed by atoms with Crippen LogP contribution >= 0.6 is 0 Å². The maximum atomic E-state index is 12.3. The maximum absolute atomic E-state index is 12.3. The van der Waals surface area contributed by atoms with Gasteiger partial charge < -0.3 is 20.0 Å². The summed E-state index contributed by atoms with van der Waals surface area (Å²) in [5, 5.41) is 14.0. The molecule has 0 fully saturated rings. The molecule has 0 heterocycles. The Kier molecular flexibility index (Phi) is 5.59. The van der Waals surface area contributed by atoms with Crippen LogP contribution in [0, 0.1) is 0 Å². The van der Waals surface area contributed by atoms with E-state index in [1.165, 1.54) is 5.56 Å². The molecular formula is C18H22NO5-. The van der Waals surface area contributed by atoms with Gasteiger partial charge >= 0.3 is 5.97 Å². The van der Waals surface area contributed by atoms with Crippen LogP contribution in [-0.4, -0.2) is 30.0 Å². The number of ether oxygens (including phenoxy) is 1. The summed E-state index contributed by atoms with van der Waals surface area (Å²) in [6, 6.07) is 5.67. The molecule has 0 aliphatic heterocycles. The molecule has 1 aliphatic carbocycles. The van der Waals surface area contributed by atoms with Gasteiger partial charge in [-0.05, 0) is 49.3 Å². The largest absolute Gasteiger partial charge is 0.547 e. The second-order valence-corrected chi connectivity index (χ2v) is 6.08. The Morgan fingerprint density at radius 3 is 2.46 bits per heavy atom. The van der Waals surface area contributed by atoms with Gasteiger partial charge in [-0.2, -0.15) is 0 Å². The van der Waals surface area contributed by atoms with Crippen molar-refractivity contribution < 1.29 is 24.2 Å². The smallest absolute Gasteiger partial charge is 0.338 e. The summed E-state index contributed by atoms with van der Waals surface area (Å²) in [6.45, 7) is 2.74.